The zero-order chi connectivity index (χ0) is 16.8. The van der Waals surface area contributed by atoms with Crippen molar-refractivity contribution in [1.29, 1.82) is 0 Å². The zero-order valence-electron chi connectivity index (χ0n) is 14.7. The van der Waals surface area contributed by atoms with Gasteiger partial charge in [0.25, 0.3) is 0 Å². The number of ether oxygens (including phenoxy) is 1. The molecule has 1 aliphatic heterocycles. The van der Waals surface area contributed by atoms with Gasteiger partial charge in [0.1, 0.15) is 11.5 Å². The van der Waals surface area contributed by atoms with Crippen molar-refractivity contribution in [3.05, 3.63) is 23.7 Å². The van der Waals surface area contributed by atoms with Crippen LogP contribution in [0.2, 0.25) is 0 Å². The quantitative estimate of drug-likeness (QED) is 0.755. The standard InChI is InChI=1S/C17H29N3O3/c1-14-11-19(7-8-20(14)9-10-22-4)13-17(21)18(3)12-16-6-5-15(2)23-16/h5-6,14H,7-13H2,1-4H3/t14-/m1/s1. The fourth-order valence-electron chi connectivity index (χ4n) is 2.96. The molecule has 23 heavy (non-hydrogen) atoms. The molecular weight excluding hydrogens is 294 g/mol. The Morgan fingerprint density at radius 3 is 2.83 bits per heavy atom. The van der Waals surface area contributed by atoms with Gasteiger partial charge in [-0.05, 0) is 26.0 Å². The maximum atomic E-state index is 12.4. The zero-order valence-corrected chi connectivity index (χ0v) is 14.7. The van der Waals surface area contributed by atoms with Crippen LogP contribution in [0.4, 0.5) is 0 Å². The van der Waals surface area contributed by atoms with E-state index in [1.807, 2.05) is 26.1 Å². The Labute approximate surface area is 139 Å². The molecule has 2 rings (SSSR count). The highest BCUT2D eigenvalue weighted by Crippen LogP contribution is 2.11. The molecule has 0 unspecified atom stereocenters. The van der Waals surface area contributed by atoms with Gasteiger partial charge in [-0.2, -0.15) is 0 Å². The normalized spacial score (nSPS) is 19.9. The molecule has 0 spiro atoms. The van der Waals surface area contributed by atoms with Crippen LogP contribution < -0.4 is 0 Å². The smallest absolute Gasteiger partial charge is 0.236 e. The molecule has 0 radical (unpaired) electrons. The highest BCUT2D eigenvalue weighted by Gasteiger charge is 2.25. The van der Waals surface area contributed by atoms with Gasteiger partial charge in [0.15, 0.2) is 0 Å². The summed E-state index contributed by atoms with van der Waals surface area (Å²) in [6.45, 7) is 9.66. The predicted molar refractivity (Wildman–Crippen MR) is 89.3 cm³/mol. The fourth-order valence-corrected chi connectivity index (χ4v) is 2.96. The molecular formula is C17H29N3O3. The van der Waals surface area contributed by atoms with E-state index in [0.717, 1.165) is 44.3 Å². The Balaban J connectivity index is 1.77. The van der Waals surface area contributed by atoms with Gasteiger partial charge >= 0.3 is 0 Å². The maximum absolute atomic E-state index is 12.4. The molecule has 2 heterocycles. The van der Waals surface area contributed by atoms with E-state index in [0.29, 0.717) is 19.1 Å². The summed E-state index contributed by atoms with van der Waals surface area (Å²) >= 11 is 0. The lowest BCUT2D eigenvalue weighted by Gasteiger charge is -2.39. The van der Waals surface area contributed by atoms with Gasteiger partial charge in [0.05, 0.1) is 19.7 Å². The molecule has 130 valence electrons. The number of nitrogens with zero attached hydrogens (tertiary/aromatic N) is 3. The number of carbonyl (C=O) groups excluding carboxylic acids is 1. The Kier molecular flexibility index (Phi) is 6.62. The van der Waals surface area contributed by atoms with Gasteiger partial charge in [-0.1, -0.05) is 0 Å². The molecule has 0 bridgehead atoms. The van der Waals surface area contributed by atoms with Crippen molar-refractivity contribution >= 4 is 5.91 Å². The second-order valence-electron chi connectivity index (χ2n) is 6.38. The Morgan fingerprint density at radius 1 is 1.43 bits per heavy atom. The van der Waals surface area contributed by atoms with Gasteiger partial charge in [-0.25, -0.2) is 0 Å². The number of hydrogen-bond donors (Lipinski definition) is 0. The Hall–Kier alpha value is -1.37. The van der Waals surface area contributed by atoms with E-state index in [4.69, 9.17) is 9.15 Å². The van der Waals surface area contributed by atoms with Crippen LogP contribution in [0.3, 0.4) is 0 Å². The van der Waals surface area contributed by atoms with Gasteiger partial charge in [0, 0.05) is 46.4 Å². The Morgan fingerprint density at radius 2 is 2.22 bits per heavy atom. The van der Waals surface area contributed by atoms with E-state index in [1.54, 1.807) is 12.0 Å². The van der Waals surface area contributed by atoms with Crippen LogP contribution in [0.1, 0.15) is 18.4 Å². The molecule has 1 atom stereocenters. The minimum absolute atomic E-state index is 0.136. The molecule has 1 aliphatic rings. The third-order valence-electron chi connectivity index (χ3n) is 4.41. The first kappa shape index (κ1) is 18.0. The highest BCUT2D eigenvalue weighted by molar-refractivity contribution is 5.77. The van der Waals surface area contributed by atoms with Crippen molar-refractivity contribution in [1.82, 2.24) is 14.7 Å². The number of aryl methyl sites for hydroxylation is 1. The third-order valence-corrected chi connectivity index (χ3v) is 4.41. The van der Waals surface area contributed by atoms with Crippen molar-refractivity contribution in [3.8, 4) is 0 Å². The van der Waals surface area contributed by atoms with E-state index >= 15 is 0 Å². The van der Waals surface area contributed by atoms with Crippen molar-refractivity contribution < 1.29 is 13.9 Å². The summed E-state index contributed by atoms with van der Waals surface area (Å²) in [4.78, 5) is 18.8. The van der Waals surface area contributed by atoms with Gasteiger partial charge < -0.3 is 14.1 Å². The topological polar surface area (TPSA) is 49.2 Å². The van der Waals surface area contributed by atoms with Crippen LogP contribution in [0.5, 0.6) is 0 Å². The summed E-state index contributed by atoms with van der Waals surface area (Å²) in [6, 6.07) is 4.30. The first-order valence-corrected chi connectivity index (χ1v) is 8.24. The SMILES string of the molecule is COCCN1CCN(CC(=O)N(C)Cc2ccc(C)o2)C[C@H]1C. The molecule has 0 aromatic carbocycles. The number of hydrogen-bond acceptors (Lipinski definition) is 5. The lowest BCUT2D eigenvalue weighted by Crippen LogP contribution is -2.54. The van der Waals surface area contributed by atoms with E-state index in [-0.39, 0.29) is 5.91 Å². The average Bonchev–Trinajstić information content (AvgIpc) is 2.91. The molecule has 6 nitrogen and oxygen atoms in total. The van der Waals surface area contributed by atoms with Gasteiger partial charge in [0.2, 0.25) is 5.91 Å². The third kappa shape index (κ3) is 5.34. The minimum Gasteiger partial charge on any atom is -0.464 e. The first-order valence-electron chi connectivity index (χ1n) is 8.24. The van der Waals surface area contributed by atoms with Crippen molar-refractivity contribution in [2.75, 3.05) is 53.5 Å². The van der Waals surface area contributed by atoms with E-state index in [9.17, 15) is 4.79 Å². The van der Waals surface area contributed by atoms with Crippen LogP contribution in [0.25, 0.3) is 0 Å². The van der Waals surface area contributed by atoms with Gasteiger partial charge in [-0.15, -0.1) is 0 Å². The molecule has 1 aromatic rings. The average molecular weight is 323 g/mol. The fraction of sp³-hybridized carbons (Fsp3) is 0.706. The molecule has 0 saturated carbocycles. The second-order valence-corrected chi connectivity index (χ2v) is 6.38. The summed E-state index contributed by atoms with van der Waals surface area (Å²) in [5, 5.41) is 0. The van der Waals surface area contributed by atoms with Crippen LogP contribution in [0.15, 0.2) is 16.5 Å². The van der Waals surface area contributed by atoms with Crippen LogP contribution in [-0.2, 0) is 16.1 Å². The maximum Gasteiger partial charge on any atom is 0.236 e. The minimum atomic E-state index is 0.136. The summed E-state index contributed by atoms with van der Waals surface area (Å²) in [5.41, 5.74) is 0. The monoisotopic (exact) mass is 323 g/mol. The lowest BCUT2D eigenvalue weighted by molar-refractivity contribution is -0.132. The van der Waals surface area contributed by atoms with E-state index in [1.165, 1.54) is 0 Å². The lowest BCUT2D eigenvalue weighted by atomic mass is 10.2. The number of likely N-dealkylation sites (N-methyl/N-ethyl adjacent to an activating group) is 1. The summed E-state index contributed by atoms with van der Waals surface area (Å²) in [6.07, 6.45) is 0. The number of furan rings is 1. The second kappa shape index (κ2) is 8.47. The van der Waals surface area contributed by atoms with Crippen LogP contribution in [0, 0.1) is 6.92 Å². The molecule has 1 amide bonds. The summed E-state index contributed by atoms with van der Waals surface area (Å²) in [7, 11) is 3.56. The van der Waals surface area contributed by atoms with Crippen molar-refractivity contribution in [2.24, 2.45) is 0 Å². The molecule has 1 saturated heterocycles. The van der Waals surface area contributed by atoms with Crippen LogP contribution in [-0.4, -0.2) is 80.1 Å². The largest absolute Gasteiger partial charge is 0.464 e. The number of carbonyl (C=O) groups is 1. The molecule has 6 heteroatoms. The highest BCUT2D eigenvalue weighted by atomic mass is 16.5. The summed E-state index contributed by atoms with van der Waals surface area (Å²) in [5.74, 6) is 1.84. The molecule has 0 N–H and O–H groups in total. The summed E-state index contributed by atoms with van der Waals surface area (Å²) < 4.78 is 10.7. The molecule has 1 aromatic heterocycles. The molecule has 1 fully saturated rings. The van der Waals surface area contributed by atoms with Crippen LogP contribution >= 0.6 is 0 Å². The first-order chi connectivity index (χ1) is 11.0. The Bertz CT molecular complexity index is 503. The molecule has 0 aliphatic carbocycles. The van der Waals surface area contributed by atoms with E-state index in [2.05, 4.69) is 16.7 Å². The number of amides is 1. The number of methoxy groups -OCH3 is 1. The number of piperazine rings is 1. The van der Waals surface area contributed by atoms with Crippen molar-refractivity contribution in [2.45, 2.75) is 26.4 Å². The van der Waals surface area contributed by atoms with E-state index < -0.39 is 0 Å². The van der Waals surface area contributed by atoms with Crippen molar-refractivity contribution in [3.63, 3.8) is 0 Å². The number of rotatable bonds is 7. The van der Waals surface area contributed by atoms with Gasteiger partial charge in [-0.3, -0.25) is 14.6 Å². The predicted octanol–water partition coefficient (Wildman–Crippen LogP) is 1.20.